The molecule has 0 unspecified atom stereocenters. The molecule has 1 aromatic rings. The van der Waals surface area contributed by atoms with Gasteiger partial charge in [-0.25, -0.2) is 0 Å². The summed E-state index contributed by atoms with van der Waals surface area (Å²) in [5.74, 6) is -0.899. The van der Waals surface area contributed by atoms with Gasteiger partial charge in [-0.15, -0.1) is 0 Å². The number of amides is 1. The van der Waals surface area contributed by atoms with Crippen LogP contribution in [0.1, 0.15) is 61.0 Å². The molecule has 1 aromatic carbocycles. The van der Waals surface area contributed by atoms with Crippen LogP contribution in [0.25, 0.3) is 0 Å². The summed E-state index contributed by atoms with van der Waals surface area (Å²) in [6, 6.07) is 5.78. The lowest BCUT2D eigenvalue weighted by molar-refractivity contribution is -0.154. The van der Waals surface area contributed by atoms with E-state index in [1.807, 2.05) is 25.1 Å². The predicted molar refractivity (Wildman–Crippen MR) is 90.9 cm³/mol. The number of carbonyl (C=O) groups is 3. The van der Waals surface area contributed by atoms with Crippen molar-refractivity contribution in [1.29, 1.82) is 0 Å². The maximum atomic E-state index is 12.2. The van der Waals surface area contributed by atoms with Crippen molar-refractivity contribution in [3.05, 3.63) is 34.9 Å². The van der Waals surface area contributed by atoms with E-state index < -0.39 is 12.1 Å². The van der Waals surface area contributed by atoms with Crippen LogP contribution < -0.4 is 5.32 Å². The fraction of sp³-hybridized carbons (Fsp3) is 0.526. The average molecular weight is 331 g/mol. The second-order valence-electron chi connectivity index (χ2n) is 6.18. The molecule has 1 aliphatic carbocycles. The Balaban J connectivity index is 1.79. The van der Waals surface area contributed by atoms with E-state index in [1.165, 1.54) is 18.1 Å². The van der Waals surface area contributed by atoms with Gasteiger partial charge in [-0.3, -0.25) is 14.4 Å². The van der Waals surface area contributed by atoms with Gasteiger partial charge in [-0.1, -0.05) is 19.1 Å². The minimum atomic E-state index is -0.834. The highest BCUT2D eigenvalue weighted by Crippen LogP contribution is 2.23. The van der Waals surface area contributed by atoms with Gasteiger partial charge in [-0.2, -0.15) is 0 Å². The van der Waals surface area contributed by atoms with E-state index in [1.54, 1.807) is 0 Å². The minimum Gasteiger partial charge on any atom is -0.453 e. The van der Waals surface area contributed by atoms with E-state index in [-0.39, 0.29) is 24.5 Å². The second kappa shape index (κ2) is 8.62. The molecule has 0 saturated heterocycles. The van der Waals surface area contributed by atoms with Crippen LogP contribution in [-0.2, 0) is 27.2 Å². The Morgan fingerprint density at radius 3 is 2.67 bits per heavy atom. The third-order valence-corrected chi connectivity index (χ3v) is 4.20. The van der Waals surface area contributed by atoms with Gasteiger partial charge >= 0.3 is 5.97 Å². The number of hydrogen-bond acceptors (Lipinski definition) is 4. The molecule has 0 aliphatic heterocycles. The predicted octanol–water partition coefficient (Wildman–Crippen LogP) is 2.60. The van der Waals surface area contributed by atoms with Crippen molar-refractivity contribution >= 4 is 17.7 Å². The fourth-order valence-corrected chi connectivity index (χ4v) is 2.81. The number of nitrogens with one attached hydrogen (secondary N) is 1. The number of hydrogen-bond donors (Lipinski definition) is 1. The van der Waals surface area contributed by atoms with Crippen LogP contribution in [0.15, 0.2) is 18.2 Å². The van der Waals surface area contributed by atoms with Gasteiger partial charge in [0, 0.05) is 18.5 Å². The molecular formula is C19H25NO4. The van der Waals surface area contributed by atoms with E-state index in [2.05, 4.69) is 5.32 Å². The molecular weight excluding hydrogens is 306 g/mol. The zero-order chi connectivity index (χ0) is 17.5. The first-order chi connectivity index (χ1) is 11.5. The largest absolute Gasteiger partial charge is 0.453 e. The molecule has 130 valence electrons. The molecule has 0 bridgehead atoms. The molecule has 0 fully saturated rings. The van der Waals surface area contributed by atoms with Crippen molar-refractivity contribution < 1.29 is 19.1 Å². The first kappa shape index (κ1) is 18.2. The number of Topliss-reactive ketones (excluding diaryl/α,β-unsaturated/α-hetero) is 1. The highest BCUT2D eigenvalue weighted by molar-refractivity contribution is 5.98. The summed E-state index contributed by atoms with van der Waals surface area (Å²) in [5, 5.41) is 2.67. The van der Waals surface area contributed by atoms with Gasteiger partial charge in [0.05, 0.1) is 6.42 Å². The van der Waals surface area contributed by atoms with Crippen molar-refractivity contribution in [2.24, 2.45) is 0 Å². The number of ketones is 1. The molecule has 1 N–H and O–H groups in total. The summed E-state index contributed by atoms with van der Waals surface area (Å²) in [5.41, 5.74) is 3.21. The van der Waals surface area contributed by atoms with E-state index in [0.717, 1.165) is 25.7 Å². The van der Waals surface area contributed by atoms with Crippen LogP contribution in [-0.4, -0.2) is 30.3 Å². The van der Waals surface area contributed by atoms with E-state index in [9.17, 15) is 14.4 Å². The Bertz CT molecular complexity index is 624. The van der Waals surface area contributed by atoms with Crippen molar-refractivity contribution in [2.75, 3.05) is 6.54 Å². The van der Waals surface area contributed by atoms with Gasteiger partial charge in [-0.05, 0) is 49.8 Å². The Morgan fingerprint density at radius 2 is 1.92 bits per heavy atom. The van der Waals surface area contributed by atoms with Gasteiger partial charge in [0.1, 0.15) is 0 Å². The fourth-order valence-electron chi connectivity index (χ4n) is 2.81. The number of aryl methyl sites for hydroxylation is 2. The summed E-state index contributed by atoms with van der Waals surface area (Å²) in [6.07, 6.45) is 3.30. The summed E-state index contributed by atoms with van der Waals surface area (Å²) in [6.45, 7) is 4.03. The van der Waals surface area contributed by atoms with E-state index in [0.29, 0.717) is 12.1 Å². The Labute approximate surface area is 142 Å². The molecule has 0 heterocycles. The minimum absolute atomic E-state index is 0.0126. The summed E-state index contributed by atoms with van der Waals surface area (Å²) < 4.78 is 5.07. The van der Waals surface area contributed by atoms with Gasteiger partial charge in [0.25, 0.3) is 5.91 Å². The molecule has 2 rings (SSSR count). The lowest BCUT2D eigenvalue weighted by atomic mass is 10.0. The molecule has 5 heteroatoms. The maximum Gasteiger partial charge on any atom is 0.307 e. The highest BCUT2D eigenvalue weighted by atomic mass is 16.5. The first-order valence-corrected chi connectivity index (χ1v) is 8.63. The molecule has 0 spiro atoms. The Morgan fingerprint density at radius 1 is 1.17 bits per heavy atom. The van der Waals surface area contributed by atoms with Gasteiger partial charge in [0.2, 0.25) is 0 Å². The number of benzene rings is 1. The lowest BCUT2D eigenvalue weighted by Gasteiger charge is -2.13. The normalized spacial score (nSPS) is 13.9. The number of fused-ring (bicyclic) bond motifs is 1. The lowest BCUT2D eigenvalue weighted by Crippen LogP contribution is -2.36. The standard InChI is InChI=1S/C19H25NO4/c1-3-11-20-19(23)13(2)24-18(22)10-9-17(21)16-8-7-14-5-4-6-15(14)12-16/h7-8,12-13H,3-6,9-11H2,1-2H3,(H,20,23)/t13-/m0/s1. The van der Waals surface area contributed by atoms with Crippen LogP contribution in [0, 0.1) is 0 Å². The van der Waals surface area contributed by atoms with Gasteiger partial charge < -0.3 is 10.1 Å². The van der Waals surface area contributed by atoms with Crippen molar-refractivity contribution in [3.8, 4) is 0 Å². The van der Waals surface area contributed by atoms with E-state index >= 15 is 0 Å². The average Bonchev–Trinajstić information content (AvgIpc) is 3.04. The third kappa shape index (κ3) is 4.91. The monoisotopic (exact) mass is 331 g/mol. The number of carbonyl (C=O) groups excluding carboxylic acids is 3. The molecule has 1 atom stereocenters. The summed E-state index contributed by atoms with van der Waals surface area (Å²) in [4.78, 5) is 35.7. The molecule has 1 aliphatic rings. The van der Waals surface area contributed by atoms with Crippen LogP contribution in [0.2, 0.25) is 0 Å². The molecule has 1 amide bonds. The summed E-state index contributed by atoms with van der Waals surface area (Å²) in [7, 11) is 0. The molecule has 0 radical (unpaired) electrons. The molecule has 0 saturated carbocycles. The van der Waals surface area contributed by atoms with E-state index in [4.69, 9.17) is 4.74 Å². The number of ether oxygens (including phenoxy) is 1. The SMILES string of the molecule is CCCNC(=O)[C@H](C)OC(=O)CCC(=O)c1ccc2c(c1)CCC2. The number of esters is 1. The van der Waals surface area contributed by atoms with Crippen molar-refractivity contribution in [2.45, 2.75) is 58.5 Å². The Hall–Kier alpha value is -2.17. The Kier molecular flexibility index (Phi) is 6.53. The maximum absolute atomic E-state index is 12.2. The molecule has 0 aromatic heterocycles. The molecule has 5 nitrogen and oxygen atoms in total. The van der Waals surface area contributed by atoms with Crippen LogP contribution in [0.5, 0.6) is 0 Å². The number of rotatable bonds is 8. The first-order valence-electron chi connectivity index (χ1n) is 8.63. The van der Waals surface area contributed by atoms with Crippen molar-refractivity contribution in [1.82, 2.24) is 5.32 Å². The topological polar surface area (TPSA) is 72.5 Å². The zero-order valence-electron chi connectivity index (χ0n) is 14.4. The second-order valence-corrected chi connectivity index (χ2v) is 6.18. The highest BCUT2D eigenvalue weighted by Gasteiger charge is 2.19. The van der Waals surface area contributed by atoms with Gasteiger partial charge in [0.15, 0.2) is 11.9 Å². The van der Waals surface area contributed by atoms with Crippen LogP contribution in [0.3, 0.4) is 0 Å². The summed E-state index contributed by atoms with van der Waals surface area (Å²) >= 11 is 0. The zero-order valence-corrected chi connectivity index (χ0v) is 14.4. The third-order valence-electron chi connectivity index (χ3n) is 4.20. The van der Waals surface area contributed by atoms with Crippen LogP contribution in [0.4, 0.5) is 0 Å². The smallest absolute Gasteiger partial charge is 0.307 e. The van der Waals surface area contributed by atoms with Crippen LogP contribution >= 0.6 is 0 Å². The quantitative estimate of drug-likeness (QED) is 0.587. The molecule has 24 heavy (non-hydrogen) atoms. The van der Waals surface area contributed by atoms with Crippen molar-refractivity contribution in [3.63, 3.8) is 0 Å².